The molecule has 2 heteroatoms. The van der Waals surface area contributed by atoms with Gasteiger partial charge in [0.2, 0.25) is 0 Å². The van der Waals surface area contributed by atoms with Crippen molar-refractivity contribution in [1.82, 2.24) is 0 Å². The Bertz CT molecular complexity index is 495. The molecule has 0 unspecified atom stereocenters. The van der Waals surface area contributed by atoms with Crippen molar-refractivity contribution in [1.29, 1.82) is 0 Å². The Labute approximate surface area is 99.9 Å². The van der Waals surface area contributed by atoms with Crippen LogP contribution >= 0.6 is 0 Å². The van der Waals surface area contributed by atoms with Gasteiger partial charge in [-0.05, 0) is 48.2 Å². The summed E-state index contributed by atoms with van der Waals surface area (Å²) < 4.78 is 27.2. The van der Waals surface area contributed by atoms with E-state index in [1.807, 2.05) is 26.0 Å². The minimum absolute atomic E-state index is 0.273. The van der Waals surface area contributed by atoms with Crippen molar-refractivity contribution in [3.63, 3.8) is 0 Å². The molecule has 2 aromatic carbocycles. The van der Waals surface area contributed by atoms with E-state index in [9.17, 15) is 8.78 Å². The highest BCUT2D eigenvalue weighted by atomic mass is 19.1. The zero-order valence-electron chi connectivity index (χ0n) is 9.93. The lowest BCUT2D eigenvalue weighted by atomic mass is 10.0. The Morgan fingerprint density at radius 2 is 1.18 bits per heavy atom. The van der Waals surface area contributed by atoms with Crippen LogP contribution in [0.25, 0.3) is 0 Å². The largest absolute Gasteiger partial charge is 0.207 e. The molecule has 0 N–H and O–H groups in total. The molecule has 0 bridgehead atoms. The van der Waals surface area contributed by atoms with Gasteiger partial charge in [-0.3, -0.25) is 0 Å². The first kappa shape index (κ1) is 11.8. The molecular formula is C15H14F2. The van der Waals surface area contributed by atoms with E-state index in [-0.39, 0.29) is 18.1 Å². The second-order valence-electron chi connectivity index (χ2n) is 4.37. The molecule has 0 aliphatic heterocycles. The average Bonchev–Trinajstić information content (AvgIpc) is 2.25. The monoisotopic (exact) mass is 232 g/mol. The number of halogens is 2. The van der Waals surface area contributed by atoms with Gasteiger partial charge < -0.3 is 0 Å². The quantitative estimate of drug-likeness (QED) is 0.729. The van der Waals surface area contributed by atoms with Gasteiger partial charge in [0.05, 0.1) is 0 Å². The molecule has 0 radical (unpaired) electrons. The molecule has 2 aromatic rings. The lowest BCUT2D eigenvalue weighted by molar-refractivity contribution is 0.598. The van der Waals surface area contributed by atoms with Crippen LogP contribution in [-0.2, 0) is 6.42 Å². The van der Waals surface area contributed by atoms with Crippen molar-refractivity contribution in [3.8, 4) is 0 Å². The van der Waals surface area contributed by atoms with E-state index >= 15 is 0 Å². The minimum Gasteiger partial charge on any atom is -0.207 e. The highest BCUT2D eigenvalue weighted by molar-refractivity contribution is 5.31. The first-order valence-corrected chi connectivity index (χ1v) is 5.56. The summed E-state index contributed by atoms with van der Waals surface area (Å²) in [7, 11) is 0. The Balaban J connectivity index is 2.31. The van der Waals surface area contributed by atoms with Crippen molar-refractivity contribution in [2.24, 2.45) is 0 Å². The molecule has 2 rings (SSSR count). The van der Waals surface area contributed by atoms with Crippen LogP contribution in [-0.4, -0.2) is 0 Å². The first-order chi connectivity index (χ1) is 8.06. The molecule has 88 valence electrons. The van der Waals surface area contributed by atoms with Gasteiger partial charge >= 0.3 is 0 Å². The fourth-order valence-electron chi connectivity index (χ4n) is 1.80. The number of benzene rings is 2. The maximum Gasteiger partial charge on any atom is 0.126 e. The third kappa shape index (κ3) is 2.70. The molecule has 0 saturated carbocycles. The molecule has 0 amide bonds. The molecule has 0 heterocycles. The molecular weight excluding hydrogens is 218 g/mol. The molecule has 0 aromatic heterocycles. The van der Waals surface area contributed by atoms with E-state index in [1.54, 1.807) is 12.1 Å². The van der Waals surface area contributed by atoms with E-state index in [0.29, 0.717) is 11.1 Å². The topological polar surface area (TPSA) is 0 Å². The summed E-state index contributed by atoms with van der Waals surface area (Å²) in [5, 5.41) is 0. The van der Waals surface area contributed by atoms with Crippen molar-refractivity contribution in [2.45, 2.75) is 20.3 Å². The predicted octanol–water partition coefficient (Wildman–Crippen LogP) is 4.17. The minimum atomic E-state index is -0.273. The summed E-state index contributed by atoms with van der Waals surface area (Å²) in [6, 6.07) is 10.0. The fraction of sp³-hybridized carbons (Fsp3) is 0.200. The number of aryl methyl sites for hydroxylation is 2. The summed E-state index contributed by atoms with van der Waals surface area (Å²) in [4.78, 5) is 0. The molecule has 0 fully saturated rings. The maximum absolute atomic E-state index is 13.6. The van der Waals surface area contributed by atoms with E-state index in [4.69, 9.17) is 0 Å². The normalized spacial score (nSPS) is 10.6. The van der Waals surface area contributed by atoms with Gasteiger partial charge in [0, 0.05) is 6.42 Å². The van der Waals surface area contributed by atoms with E-state index < -0.39 is 0 Å². The Morgan fingerprint density at radius 3 is 1.53 bits per heavy atom. The highest BCUT2D eigenvalue weighted by Crippen LogP contribution is 2.18. The van der Waals surface area contributed by atoms with Crippen molar-refractivity contribution >= 4 is 0 Å². The number of hydrogen-bond donors (Lipinski definition) is 0. The van der Waals surface area contributed by atoms with Gasteiger partial charge in [-0.25, -0.2) is 8.78 Å². The summed E-state index contributed by atoms with van der Waals surface area (Å²) in [6.07, 6.45) is 0.290. The van der Waals surface area contributed by atoms with Gasteiger partial charge in [-0.1, -0.05) is 24.3 Å². The number of hydrogen-bond acceptors (Lipinski definition) is 0. The van der Waals surface area contributed by atoms with E-state index in [0.717, 1.165) is 11.1 Å². The zero-order valence-corrected chi connectivity index (χ0v) is 9.93. The summed E-state index contributed by atoms with van der Waals surface area (Å²) >= 11 is 0. The Morgan fingerprint density at radius 1 is 0.765 bits per heavy atom. The molecule has 0 nitrogen and oxygen atoms in total. The second kappa shape index (κ2) is 4.66. The van der Waals surface area contributed by atoms with Crippen LogP contribution in [0.1, 0.15) is 22.3 Å². The summed E-state index contributed by atoms with van der Waals surface area (Å²) in [5.74, 6) is -0.546. The van der Waals surface area contributed by atoms with Crippen LogP contribution in [0.3, 0.4) is 0 Å². The third-order valence-electron chi connectivity index (χ3n) is 2.80. The van der Waals surface area contributed by atoms with Gasteiger partial charge in [0.25, 0.3) is 0 Å². The molecule has 0 saturated heterocycles. The predicted molar refractivity (Wildman–Crippen MR) is 65.1 cm³/mol. The highest BCUT2D eigenvalue weighted by Gasteiger charge is 2.07. The van der Waals surface area contributed by atoms with Crippen LogP contribution < -0.4 is 0 Å². The fourth-order valence-corrected chi connectivity index (χ4v) is 1.80. The van der Waals surface area contributed by atoms with Crippen molar-refractivity contribution < 1.29 is 8.78 Å². The van der Waals surface area contributed by atoms with Gasteiger partial charge in [0.1, 0.15) is 11.6 Å². The third-order valence-corrected chi connectivity index (χ3v) is 2.80. The molecule has 0 aliphatic carbocycles. The molecule has 17 heavy (non-hydrogen) atoms. The van der Waals surface area contributed by atoms with Crippen molar-refractivity contribution in [3.05, 3.63) is 70.3 Å². The lowest BCUT2D eigenvalue weighted by Crippen LogP contribution is -1.96. The smallest absolute Gasteiger partial charge is 0.126 e. The molecule has 0 atom stereocenters. The summed E-state index contributed by atoms with van der Waals surface area (Å²) in [5.41, 5.74) is 2.79. The van der Waals surface area contributed by atoms with Gasteiger partial charge in [-0.2, -0.15) is 0 Å². The van der Waals surface area contributed by atoms with Crippen LogP contribution in [0, 0.1) is 25.5 Å². The van der Waals surface area contributed by atoms with Crippen LogP contribution in [0.2, 0.25) is 0 Å². The number of rotatable bonds is 2. The van der Waals surface area contributed by atoms with Crippen LogP contribution in [0.15, 0.2) is 36.4 Å². The Kier molecular flexibility index (Phi) is 3.23. The SMILES string of the molecule is Cc1ccc(Cc2ccc(C)cc2F)c(F)c1. The zero-order chi connectivity index (χ0) is 12.4. The molecule has 0 spiro atoms. The van der Waals surface area contributed by atoms with Gasteiger partial charge in [0.15, 0.2) is 0 Å². The first-order valence-electron chi connectivity index (χ1n) is 5.56. The average molecular weight is 232 g/mol. The second-order valence-corrected chi connectivity index (χ2v) is 4.37. The molecule has 0 aliphatic rings. The van der Waals surface area contributed by atoms with E-state index in [2.05, 4.69) is 0 Å². The van der Waals surface area contributed by atoms with Gasteiger partial charge in [-0.15, -0.1) is 0 Å². The Hall–Kier alpha value is -1.70. The summed E-state index contributed by atoms with van der Waals surface area (Å²) in [6.45, 7) is 3.67. The lowest BCUT2D eigenvalue weighted by Gasteiger charge is -2.06. The van der Waals surface area contributed by atoms with E-state index in [1.165, 1.54) is 12.1 Å². The maximum atomic E-state index is 13.6. The van der Waals surface area contributed by atoms with Crippen molar-refractivity contribution in [2.75, 3.05) is 0 Å². The van der Waals surface area contributed by atoms with Crippen LogP contribution in [0.4, 0.5) is 8.78 Å². The standard InChI is InChI=1S/C15H14F2/c1-10-3-5-12(14(16)7-10)9-13-6-4-11(2)8-15(13)17/h3-8H,9H2,1-2H3. The van der Waals surface area contributed by atoms with Crippen LogP contribution in [0.5, 0.6) is 0 Å².